The highest BCUT2D eigenvalue weighted by Gasteiger charge is 2.35. The summed E-state index contributed by atoms with van der Waals surface area (Å²) in [5.74, 6) is 1.62. The van der Waals surface area contributed by atoms with E-state index in [0.29, 0.717) is 6.10 Å². The minimum absolute atomic E-state index is 0.342. The Morgan fingerprint density at radius 3 is 2.43 bits per heavy atom. The van der Waals surface area contributed by atoms with E-state index in [1.165, 1.54) is 31.5 Å². The fourth-order valence-electron chi connectivity index (χ4n) is 3.75. The SMILES string of the molecule is CCc1ccc(-c2ccc(O[C@H]3CN4CCC3CC4)cn2)cc1. The van der Waals surface area contributed by atoms with Gasteiger partial charge in [-0.2, -0.15) is 0 Å². The van der Waals surface area contributed by atoms with Crippen LogP contribution in [-0.4, -0.2) is 35.6 Å². The van der Waals surface area contributed by atoms with Crippen LogP contribution in [0.2, 0.25) is 0 Å². The molecule has 2 aromatic rings. The third-order valence-electron chi connectivity index (χ3n) is 5.28. The molecule has 0 unspecified atom stereocenters. The highest BCUT2D eigenvalue weighted by molar-refractivity contribution is 5.59. The first-order valence-corrected chi connectivity index (χ1v) is 8.76. The summed E-state index contributed by atoms with van der Waals surface area (Å²) in [6.07, 6.45) is 5.84. The zero-order chi connectivity index (χ0) is 15.6. The van der Waals surface area contributed by atoms with Crippen LogP contribution in [-0.2, 0) is 6.42 Å². The molecule has 3 aliphatic heterocycles. The van der Waals surface area contributed by atoms with Gasteiger partial charge in [-0.15, -0.1) is 0 Å². The average molecular weight is 308 g/mol. The van der Waals surface area contributed by atoms with Crippen molar-refractivity contribution in [2.45, 2.75) is 32.3 Å². The highest BCUT2D eigenvalue weighted by Crippen LogP contribution is 2.31. The fourth-order valence-corrected chi connectivity index (χ4v) is 3.75. The van der Waals surface area contributed by atoms with Crippen LogP contribution >= 0.6 is 0 Å². The van der Waals surface area contributed by atoms with E-state index in [1.807, 2.05) is 6.20 Å². The predicted molar refractivity (Wildman–Crippen MR) is 92.6 cm³/mol. The molecule has 0 spiro atoms. The Morgan fingerprint density at radius 2 is 1.87 bits per heavy atom. The Balaban J connectivity index is 1.45. The molecule has 23 heavy (non-hydrogen) atoms. The van der Waals surface area contributed by atoms with Crippen LogP contribution in [0.4, 0.5) is 0 Å². The molecule has 3 saturated heterocycles. The maximum Gasteiger partial charge on any atom is 0.138 e. The van der Waals surface area contributed by atoms with Gasteiger partial charge in [0, 0.05) is 12.1 Å². The van der Waals surface area contributed by atoms with Gasteiger partial charge in [0.05, 0.1) is 11.9 Å². The van der Waals surface area contributed by atoms with E-state index in [-0.39, 0.29) is 0 Å². The predicted octanol–water partition coefficient (Wildman–Crippen LogP) is 3.78. The first kappa shape index (κ1) is 14.7. The molecule has 0 amide bonds. The third-order valence-corrected chi connectivity index (χ3v) is 5.28. The number of fused-ring (bicyclic) bond motifs is 3. The first-order valence-electron chi connectivity index (χ1n) is 8.76. The molecule has 3 heteroatoms. The molecular weight excluding hydrogens is 284 g/mol. The number of aryl methyl sites for hydroxylation is 1. The summed E-state index contributed by atoms with van der Waals surface area (Å²) in [5.41, 5.74) is 3.53. The van der Waals surface area contributed by atoms with Crippen molar-refractivity contribution in [1.29, 1.82) is 0 Å². The number of benzene rings is 1. The summed E-state index contributed by atoms with van der Waals surface area (Å²) in [6, 6.07) is 12.8. The number of pyridine rings is 1. The van der Waals surface area contributed by atoms with Gasteiger partial charge in [0.1, 0.15) is 11.9 Å². The van der Waals surface area contributed by atoms with Gasteiger partial charge >= 0.3 is 0 Å². The topological polar surface area (TPSA) is 25.4 Å². The van der Waals surface area contributed by atoms with E-state index in [1.54, 1.807) is 0 Å². The van der Waals surface area contributed by atoms with Crippen molar-refractivity contribution in [3.63, 3.8) is 0 Å². The third kappa shape index (κ3) is 3.11. The van der Waals surface area contributed by atoms with Crippen LogP contribution in [0.5, 0.6) is 5.75 Å². The Kier molecular flexibility index (Phi) is 4.04. The molecule has 4 heterocycles. The van der Waals surface area contributed by atoms with Crippen molar-refractivity contribution >= 4 is 0 Å². The van der Waals surface area contributed by atoms with E-state index in [0.717, 1.165) is 35.9 Å². The largest absolute Gasteiger partial charge is 0.487 e. The highest BCUT2D eigenvalue weighted by atomic mass is 16.5. The van der Waals surface area contributed by atoms with Gasteiger partial charge in [-0.1, -0.05) is 31.2 Å². The van der Waals surface area contributed by atoms with Crippen molar-refractivity contribution in [2.24, 2.45) is 5.92 Å². The first-order chi connectivity index (χ1) is 11.3. The minimum atomic E-state index is 0.342. The average Bonchev–Trinajstić information content (AvgIpc) is 2.63. The lowest BCUT2D eigenvalue weighted by Gasteiger charge is -2.44. The Labute approximate surface area is 138 Å². The van der Waals surface area contributed by atoms with Crippen molar-refractivity contribution in [1.82, 2.24) is 9.88 Å². The minimum Gasteiger partial charge on any atom is -0.487 e. The normalized spacial score (nSPS) is 26.2. The van der Waals surface area contributed by atoms with Crippen LogP contribution in [0, 0.1) is 5.92 Å². The van der Waals surface area contributed by atoms with Crippen LogP contribution in [0.3, 0.4) is 0 Å². The quantitative estimate of drug-likeness (QED) is 0.859. The summed E-state index contributed by atoms with van der Waals surface area (Å²) in [5, 5.41) is 0. The molecule has 0 aliphatic carbocycles. The van der Waals surface area contributed by atoms with Gasteiger partial charge in [0.2, 0.25) is 0 Å². The fraction of sp³-hybridized carbons (Fsp3) is 0.450. The van der Waals surface area contributed by atoms with Gasteiger partial charge < -0.3 is 4.74 Å². The van der Waals surface area contributed by atoms with Gasteiger partial charge in [-0.05, 0) is 56.0 Å². The van der Waals surface area contributed by atoms with E-state index in [2.05, 4.69) is 53.2 Å². The summed E-state index contributed by atoms with van der Waals surface area (Å²) in [6.45, 7) is 5.74. The molecule has 0 radical (unpaired) electrons. The van der Waals surface area contributed by atoms with Crippen LogP contribution in [0.15, 0.2) is 42.6 Å². The number of hydrogen-bond donors (Lipinski definition) is 0. The van der Waals surface area contributed by atoms with Crippen molar-refractivity contribution < 1.29 is 4.74 Å². The van der Waals surface area contributed by atoms with Gasteiger partial charge in [-0.3, -0.25) is 9.88 Å². The molecule has 1 atom stereocenters. The van der Waals surface area contributed by atoms with E-state index < -0.39 is 0 Å². The Bertz CT molecular complexity index is 642. The second-order valence-corrected chi connectivity index (χ2v) is 6.72. The van der Waals surface area contributed by atoms with Gasteiger partial charge in [0.15, 0.2) is 0 Å². The summed E-state index contributed by atoms with van der Waals surface area (Å²) < 4.78 is 6.21. The lowest BCUT2D eigenvalue weighted by Crippen LogP contribution is -2.52. The molecule has 3 fully saturated rings. The molecule has 3 aliphatic rings. The number of nitrogens with zero attached hydrogens (tertiary/aromatic N) is 2. The van der Waals surface area contributed by atoms with Crippen molar-refractivity contribution in [2.75, 3.05) is 19.6 Å². The molecule has 3 nitrogen and oxygen atoms in total. The molecule has 0 saturated carbocycles. The zero-order valence-electron chi connectivity index (χ0n) is 13.7. The summed E-state index contributed by atoms with van der Waals surface area (Å²) in [7, 11) is 0. The lowest BCUT2D eigenvalue weighted by atomic mass is 9.86. The molecule has 120 valence electrons. The van der Waals surface area contributed by atoms with Crippen molar-refractivity contribution in [3.05, 3.63) is 48.2 Å². The lowest BCUT2D eigenvalue weighted by molar-refractivity contribution is -0.00791. The Hall–Kier alpha value is -1.87. The van der Waals surface area contributed by atoms with Gasteiger partial charge in [-0.25, -0.2) is 0 Å². The maximum absolute atomic E-state index is 6.21. The van der Waals surface area contributed by atoms with Crippen LogP contribution < -0.4 is 4.74 Å². The standard InChI is InChI=1S/C20H24N2O/c1-2-15-3-5-16(6-4-15)19-8-7-18(13-21-19)23-20-14-22-11-9-17(20)10-12-22/h3-8,13,17,20H,2,9-12,14H2,1H3/t20-/m0/s1. The molecule has 0 N–H and O–H groups in total. The summed E-state index contributed by atoms with van der Waals surface area (Å²) in [4.78, 5) is 7.11. The molecule has 1 aromatic heterocycles. The monoisotopic (exact) mass is 308 g/mol. The number of hydrogen-bond acceptors (Lipinski definition) is 3. The maximum atomic E-state index is 6.21. The number of ether oxygens (including phenoxy) is 1. The van der Waals surface area contributed by atoms with Gasteiger partial charge in [0.25, 0.3) is 0 Å². The second-order valence-electron chi connectivity index (χ2n) is 6.72. The van der Waals surface area contributed by atoms with Crippen LogP contribution in [0.25, 0.3) is 11.3 Å². The zero-order valence-corrected chi connectivity index (χ0v) is 13.7. The Morgan fingerprint density at radius 1 is 1.09 bits per heavy atom. The van der Waals surface area contributed by atoms with E-state index in [4.69, 9.17) is 4.74 Å². The number of rotatable bonds is 4. The summed E-state index contributed by atoms with van der Waals surface area (Å²) >= 11 is 0. The second kappa shape index (κ2) is 6.32. The molecule has 1 aromatic carbocycles. The van der Waals surface area contributed by atoms with E-state index in [9.17, 15) is 0 Å². The van der Waals surface area contributed by atoms with E-state index >= 15 is 0 Å². The van der Waals surface area contributed by atoms with Crippen molar-refractivity contribution in [3.8, 4) is 17.0 Å². The smallest absolute Gasteiger partial charge is 0.138 e. The number of aromatic nitrogens is 1. The molecule has 2 bridgehead atoms. The molecule has 5 rings (SSSR count). The number of piperidine rings is 3. The molecular formula is C20H24N2O. The van der Waals surface area contributed by atoms with Crippen LogP contribution in [0.1, 0.15) is 25.3 Å².